The zero-order valence-electron chi connectivity index (χ0n) is 6.92. The Morgan fingerprint density at radius 2 is 2.67 bits per heavy atom. The molecule has 2 heterocycles. The molecule has 1 saturated heterocycles. The summed E-state index contributed by atoms with van der Waals surface area (Å²) in [5.74, 6) is 0. The van der Waals surface area contributed by atoms with Crippen molar-refractivity contribution in [1.82, 2.24) is 10.3 Å². The van der Waals surface area contributed by atoms with Crippen LogP contribution in [0.3, 0.4) is 0 Å². The predicted octanol–water partition coefficient (Wildman–Crippen LogP) is 1.31. The molecule has 1 aliphatic heterocycles. The van der Waals surface area contributed by atoms with E-state index in [1.54, 1.807) is 11.3 Å². The number of nitrogens with zero attached hydrogens (tertiary/aromatic N) is 1. The molecular formula is C8H13N3S. The first-order valence-corrected chi connectivity index (χ1v) is 5.20. The maximum absolute atomic E-state index is 4.19. The minimum absolute atomic E-state index is 0.574. The van der Waals surface area contributed by atoms with Crippen molar-refractivity contribution in [3.63, 3.8) is 0 Å². The summed E-state index contributed by atoms with van der Waals surface area (Å²) in [5.41, 5.74) is 0. The molecule has 3 nitrogen and oxygen atoms in total. The van der Waals surface area contributed by atoms with Crippen LogP contribution in [0, 0.1) is 0 Å². The highest BCUT2D eigenvalue weighted by Gasteiger charge is 2.12. The molecule has 2 rings (SSSR count). The van der Waals surface area contributed by atoms with E-state index in [4.69, 9.17) is 0 Å². The molecular weight excluding hydrogens is 170 g/mol. The van der Waals surface area contributed by atoms with E-state index < -0.39 is 0 Å². The Labute approximate surface area is 76.2 Å². The third kappa shape index (κ3) is 1.95. The van der Waals surface area contributed by atoms with Crippen molar-refractivity contribution in [2.45, 2.75) is 18.9 Å². The van der Waals surface area contributed by atoms with Crippen LogP contribution in [0.4, 0.5) is 5.13 Å². The molecule has 1 aliphatic rings. The average molecular weight is 183 g/mol. The van der Waals surface area contributed by atoms with Crippen LogP contribution in [0.5, 0.6) is 0 Å². The predicted molar refractivity (Wildman–Crippen MR) is 51.6 cm³/mol. The minimum Gasteiger partial charge on any atom is -0.358 e. The Hall–Kier alpha value is -0.610. The van der Waals surface area contributed by atoms with Crippen LogP contribution in [0.2, 0.25) is 0 Å². The first-order chi connectivity index (χ1) is 5.95. The zero-order valence-corrected chi connectivity index (χ0v) is 7.73. The van der Waals surface area contributed by atoms with Gasteiger partial charge in [0, 0.05) is 24.2 Å². The van der Waals surface area contributed by atoms with Gasteiger partial charge in [-0.3, -0.25) is 0 Å². The van der Waals surface area contributed by atoms with Gasteiger partial charge in [-0.05, 0) is 19.4 Å². The van der Waals surface area contributed by atoms with Gasteiger partial charge in [-0.1, -0.05) is 0 Å². The van der Waals surface area contributed by atoms with Crippen molar-refractivity contribution in [2.75, 3.05) is 18.4 Å². The van der Waals surface area contributed by atoms with E-state index in [-0.39, 0.29) is 0 Å². The molecule has 0 saturated carbocycles. The van der Waals surface area contributed by atoms with Crippen molar-refractivity contribution in [3.05, 3.63) is 11.6 Å². The molecule has 2 N–H and O–H groups in total. The Bertz CT molecular complexity index is 216. The molecule has 4 heteroatoms. The number of nitrogens with one attached hydrogen (secondary N) is 2. The summed E-state index contributed by atoms with van der Waals surface area (Å²) in [4.78, 5) is 4.19. The van der Waals surface area contributed by atoms with Gasteiger partial charge in [0.25, 0.3) is 0 Å². The number of piperidine rings is 1. The maximum atomic E-state index is 4.19. The molecule has 0 aromatic carbocycles. The molecule has 1 fully saturated rings. The molecule has 1 aromatic rings. The third-order valence-electron chi connectivity index (χ3n) is 2.06. The Morgan fingerprint density at radius 3 is 3.33 bits per heavy atom. The molecule has 0 bridgehead atoms. The largest absolute Gasteiger partial charge is 0.358 e. The smallest absolute Gasteiger partial charge is 0.182 e. The highest BCUT2D eigenvalue weighted by molar-refractivity contribution is 7.13. The molecule has 1 atom stereocenters. The number of thiazole rings is 1. The van der Waals surface area contributed by atoms with Crippen LogP contribution in [0.15, 0.2) is 11.6 Å². The van der Waals surface area contributed by atoms with E-state index in [9.17, 15) is 0 Å². The number of aromatic nitrogens is 1. The van der Waals surface area contributed by atoms with E-state index in [2.05, 4.69) is 15.6 Å². The Kier molecular flexibility index (Phi) is 2.58. The lowest BCUT2D eigenvalue weighted by atomic mass is 10.1. The van der Waals surface area contributed by atoms with Crippen LogP contribution < -0.4 is 10.6 Å². The van der Waals surface area contributed by atoms with Crippen molar-refractivity contribution in [1.29, 1.82) is 0 Å². The summed E-state index contributed by atoms with van der Waals surface area (Å²) in [6.07, 6.45) is 4.36. The second kappa shape index (κ2) is 3.87. The molecule has 0 amide bonds. The summed E-state index contributed by atoms with van der Waals surface area (Å²) >= 11 is 1.67. The maximum Gasteiger partial charge on any atom is 0.182 e. The first-order valence-electron chi connectivity index (χ1n) is 4.32. The van der Waals surface area contributed by atoms with E-state index in [1.807, 2.05) is 11.6 Å². The third-order valence-corrected chi connectivity index (χ3v) is 2.76. The molecule has 66 valence electrons. The monoisotopic (exact) mass is 183 g/mol. The molecule has 0 radical (unpaired) electrons. The van der Waals surface area contributed by atoms with Gasteiger partial charge < -0.3 is 10.6 Å². The summed E-state index contributed by atoms with van der Waals surface area (Å²) < 4.78 is 0. The highest BCUT2D eigenvalue weighted by Crippen LogP contribution is 2.14. The van der Waals surface area contributed by atoms with Gasteiger partial charge in [-0.25, -0.2) is 4.98 Å². The SMILES string of the molecule is c1csc(N[C@H]2CCCNC2)n1. The summed E-state index contributed by atoms with van der Waals surface area (Å²) in [6, 6.07) is 0.574. The molecule has 0 aliphatic carbocycles. The first kappa shape index (κ1) is 8.01. The van der Waals surface area contributed by atoms with Crippen molar-refractivity contribution >= 4 is 16.5 Å². The van der Waals surface area contributed by atoms with Crippen LogP contribution in [0.1, 0.15) is 12.8 Å². The highest BCUT2D eigenvalue weighted by atomic mass is 32.1. The fourth-order valence-corrected chi connectivity index (χ4v) is 2.05. The van der Waals surface area contributed by atoms with Gasteiger partial charge >= 0.3 is 0 Å². The van der Waals surface area contributed by atoms with E-state index in [0.29, 0.717) is 6.04 Å². The van der Waals surface area contributed by atoms with Gasteiger partial charge in [0.15, 0.2) is 5.13 Å². The second-order valence-electron chi connectivity index (χ2n) is 3.02. The Balaban J connectivity index is 1.86. The number of hydrogen-bond acceptors (Lipinski definition) is 4. The van der Waals surface area contributed by atoms with Crippen LogP contribution >= 0.6 is 11.3 Å². The quantitative estimate of drug-likeness (QED) is 0.726. The summed E-state index contributed by atoms with van der Waals surface area (Å²) in [5, 5.41) is 9.81. The Morgan fingerprint density at radius 1 is 1.67 bits per heavy atom. The molecule has 0 spiro atoms. The summed E-state index contributed by atoms with van der Waals surface area (Å²) in [6.45, 7) is 2.23. The van der Waals surface area contributed by atoms with Crippen molar-refractivity contribution in [3.8, 4) is 0 Å². The standard InChI is InChI=1S/C8H13N3S/c1-2-7(6-9-3-1)11-8-10-4-5-12-8/h4-5,7,9H,1-3,6H2,(H,10,11)/t7-/m0/s1. The van der Waals surface area contributed by atoms with Gasteiger partial charge in [0.2, 0.25) is 0 Å². The van der Waals surface area contributed by atoms with Gasteiger partial charge in [-0.2, -0.15) is 0 Å². The zero-order chi connectivity index (χ0) is 8.23. The molecule has 1 aromatic heterocycles. The van der Waals surface area contributed by atoms with Gasteiger partial charge in [-0.15, -0.1) is 11.3 Å². The van der Waals surface area contributed by atoms with Crippen molar-refractivity contribution < 1.29 is 0 Å². The lowest BCUT2D eigenvalue weighted by Crippen LogP contribution is -2.38. The van der Waals surface area contributed by atoms with Crippen LogP contribution in [-0.4, -0.2) is 24.1 Å². The fourth-order valence-electron chi connectivity index (χ4n) is 1.44. The van der Waals surface area contributed by atoms with E-state index >= 15 is 0 Å². The van der Waals surface area contributed by atoms with Gasteiger partial charge in [0.1, 0.15) is 0 Å². The fraction of sp³-hybridized carbons (Fsp3) is 0.625. The van der Waals surface area contributed by atoms with Crippen LogP contribution in [-0.2, 0) is 0 Å². The second-order valence-corrected chi connectivity index (χ2v) is 3.92. The molecule has 12 heavy (non-hydrogen) atoms. The minimum atomic E-state index is 0.574. The number of anilines is 1. The normalized spacial score (nSPS) is 23.8. The lowest BCUT2D eigenvalue weighted by Gasteiger charge is -2.23. The molecule has 0 unspecified atom stereocenters. The lowest BCUT2D eigenvalue weighted by molar-refractivity contribution is 0.480. The van der Waals surface area contributed by atoms with E-state index in [1.165, 1.54) is 12.8 Å². The van der Waals surface area contributed by atoms with Gasteiger partial charge in [0.05, 0.1) is 0 Å². The van der Waals surface area contributed by atoms with E-state index in [0.717, 1.165) is 18.2 Å². The van der Waals surface area contributed by atoms with Crippen molar-refractivity contribution in [2.24, 2.45) is 0 Å². The summed E-state index contributed by atoms with van der Waals surface area (Å²) in [7, 11) is 0. The average Bonchev–Trinajstić information content (AvgIpc) is 2.59. The number of hydrogen-bond donors (Lipinski definition) is 2. The number of rotatable bonds is 2. The topological polar surface area (TPSA) is 37.0 Å². The van der Waals surface area contributed by atoms with Crippen LogP contribution in [0.25, 0.3) is 0 Å².